The molecule has 6 rings (SSSR count). The Labute approximate surface area is 269 Å². The van der Waals surface area contributed by atoms with Crippen LogP contribution in [-0.2, 0) is 11.0 Å². The average molecular weight is 665 g/mol. The second kappa shape index (κ2) is 12.1. The van der Waals surface area contributed by atoms with Gasteiger partial charge in [0, 0.05) is 36.2 Å². The minimum atomic E-state index is -4.86. The van der Waals surface area contributed by atoms with E-state index < -0.39 is 72.3 Å². The highest BCUT2D eigenvalue weighted by molar-refractivity contribution is 6.04. The number of carbonyl (C=O) groups excluding carboxylic acids is 3. The zero-order chi connectivity index (χ0) is 34.4. The van der Waals surface area contributed by atoms with Crippen molar-refractivity contribution >= 4 is 23.5 Å². The lowest BCUT2D eigenvalue weighted by molar-refractivity contribution is -0.141. The molecule has 1 saturated heterocycles. The van der Waals surface area contributed by atoms with Gasteiger partial charge in [-0.15, -0.1) is 0 Å². The smallest absolute Gasteiger partial charge is 0.337 e. The predicted molar refractivity (Wildman–Crippen MR) is 158 cm³/mol. The van der Waals surface area contributed by atoms with Gasteiger partial charge in [0.25, 0.3) is 23.6 Å². The number of benzene rings is 2. The first-order chi connectivity index (χ1) is 22.8. The molecule has 4 aromatic rings. The first-order valence-electron chi connectivity index (χ1n) is 14.7. The fourth-order valence-electron chi connectivity index (χ4n) is 6.03. The molecule has 3 amide bonds. The number of fused-ring (bicyclic) bond motifs is 1. The largest absolute Gasteiger partial charge is 0.433 e. The number of anilines is 1. The number of hydrogen-bond acceptors (Lipinski definition) is 7. The standard InChI is InChI=1S/C32H25F5N8O3/c1-2-43-28-22(16-40-45(28)20-9-4-3-5-10-20)24(25(30(43)48)42-27(46)26-39-12-11-23(41-26)32(35,36)37)18-7-6-8-19(13-18)29(47)44-17-31(33,34)14-21(44)15-38/h3-13,16,21,24-25H,2,14,17H2,1H3,(H,42,46)/t21-,24+,25-/m0/s1. The van der Waals surface area contributed by atoms with Crippen LogP contribution in [0.3, 0.4) is 0 Å². The lowest BCUT2D eigenvalue weighted by atomic mass is 9.81. The molecule has 16 heteroatoms. The zero-order valence-corrected chi connectivity index (χ0v) is 25.0. The Hall–Kier alpha value is -5.72. The summed E-state index contributed by atoms with van der Waals surface area (Å²) in [7, 11) is 0. The number of para-hydroxylation sites is 1. The molecule has 4 heterocycles. The third kappa shape index (κ3) is 5.83. The highest BCUT2D eigenvalue weighted by atomic mass is 19.4. The second-order valence-corrected chi connectivity index (χ2v) is 11.2. The SMILES string of the molecule is CCN1C(=O)[C@@H](NC(=O)c2nccc(C(F)(F)F)n2)[C@H](c2cccc(C(=O)N3CC(F)(F)C[C@H]3C#N)c2)c2cnn(-c3ccccc3)c21. The van der Waals surface area contributed by atoms with E-state index in [1.165, 1.54) is 34.0 Å². The van der Waals surface area contributed by atoms with Crippen molar-refractivity contribution in [1.29, 1.82) is 5.26 Å². The summed E-state index contributed by atoms with van der Waals surface area (Å²) in [6.45, 7) is 0.849. The molecule has 0 radical (unpaired) electrons. The Morgan fingerprint density at radius 1 is 1.10 bits per heavy atom. The van der Waals surface area contributed by atoms with Crippen molar-refractivity contribution in [2.75, 3.05) is 18.0 Å². The number of rotatable bonds is 6. The molecule has 11 nitrogen and oxygen atoms in total. The number of nitriles is 1. The minimum absolute atomic E-state index is 0.0564. The Balaban J connectivity index is 1.46. The Kier molecular flexibility index (Phi) is 8.15. The summed E-state index contributed by atoms with van der Waals surface area (Å²) in [4.78, 5) is 50.2. The molecule has 2 aliphatic heterocycles. The van der Waals surface area contributed by atoms with E-state index in [-0.39, 0.29) is 17.7 Å². The van der Waals surface area contributed by atoms with Crippen LogP contribution in [0.4, 0.5) is 27.8 Å². The molecule has 2 aliphatic rings. The molecular formula is C32H25F5N8O3. The molecule has 3 atom stereocenters. The van der Waals surface area contributed by atoms with Gasteiger partial charge in [-0.25, -0.2) is 23.4 Å². The maximum atomic E-state index is 14.2. The van der Waals surface area contributed by atoms with Gasteiger partial charge < -0.3 is 10.2 Å². The van der Waals surface area contributed by atoms with Gasteiger partial charge >= 0.3 is 6.18 Å². The van der Waals surface area contributed by atoms with Gasteiger partial charge in [0.1, 0.15) is 23.6 Å². The Morgan fingerprint density at radius 3 is 2.54 bits per heavy atom. The first-order valence-corrected chi connectivity index (χ1v) is 14.7. The van der Waals surface area contributed by atoms with Crippen LogP contribution in [0.1, 0.15) is 57.1 Å². The van der Waals surface area contributed by atoms with E-state index in [1.54, 1.807) is 49.4 Å². The molecule has 0 spiro atoms. The molecule has 0 unspecified atom stereocenters. The summed E-state index contributed by atoms with van der Waals surface area (Å²) in [5.74, 6) is -7.45. The molecule has 0 bridgehead atoms. The summed E-state index contributed by atoms with van der Waals surface area (Å²) in [5.41, 5.74) is -0.106. The van der Waals surface area contributed by atoms with Crippen molar-refractivity contribution in [1.82, 2.24) is 30.0 Å². The van der Waals surface area contributed by atoms with Gasteiger partial charge in [0.2, 0.25) is 5.82 Å². The number of hydrogen-bond donors (Lipinski definition) is 1. The third-order valence-corrected chi connectivity index (χ3v) is 8.15. The van der Waals surface area contributed by atoms with Crippen LogP contribution in [0.2, 0.25) is 0 Å². The van der Waals surface area contributed by atoms with Crippen LogP contribution in [0.15, 0.2) is 73.1 Å². The van der Waals surface area contributed by atoms with Gasteiger partial charge in [-0.1, -0.05) is 30.3 Å². The Bertz CT molecular complexity index is 1940. The van der Waals surface area contributed by atoms with Crippen molar-refractivity contribution in [2.24, 2.45) is 0 Å². The van der Waals surface area contributed by atoms with Crippen LogP contribution in [0.25, 0.3) is 5.69 Å². The highest BCUT2D eigenvalue weighted by Crippen LogP contribution is 2.42. The van der Waals surface area contributed by atoms with E-state index in [4.69, 9.17) is 0 Å². The van der Waals surface area contributed by atoms with Gasteiger partial charge in [0.05, 0.1) is 24.5 Å². The van der Waals surface area contributed by atoms with E-state index in [2.05, 4.69) is 20.4 Å². The van der Waals surface area contributed by atoms with Crippen LogP contribution in [0.5, 0.6) is 0 Å². The molecule has 48 heavy (non-hydrogen) atoms. The van der Waals surface area contributed by atoms with E-state index in [9.17, 15) is 41.6 Å². The predicted octanol–water partition coefficient (Wildman–Crippen LogP) is 4.35. The van der Waals surface area contributed by atoms with Crippen molar-refractivity contribution in [3.63, 3.8) is 0 Å². The second-order valence-electron chi connectivity index (χ2n) is 11.2. The van der Waals surface area contributed by atoms with Crippen molar-refractivity contribution in [2.45, 2.75) is 43.4 Å². The molecule has 1 N–H and O–H groups in total. The average Bonchev–Trinajstić information content (AvgIpc) is 3.65. The quantitative estimate of drug-likeness (QED) is 0.303. The zero-order valence-electron chi connectivity index (χ0n) is 25.0. The van der Waals surface area contributed by atoms with Crippen LogP contribution in [0, 0.1) is 11.3 Å². The van der Waals surface area contributed by atoms with Crippen molar-refractivity contribution in [3.05, 3.63) is 101 Å². The van der Waals surface area contributed by atoms with Gasteiger partial charge in [-0.3, -0.25) is 19.3 Å². The maximum absolute atomic E-state index is 14.2. The fraction of sp³-hybridized carbons (Fsp3) is 0.281. The third-order valence-electron chi connectivity index (χ3n) is 8.15. The van der Waals surface area contributed by atoms with E-state index in [0.717, 1.165) is 11.1 Å². The normalized spacial score (nSPS) is 20.3. The topological polar surface area (TPSA) is 137 Å². The lowest BCUT2D eigenvalue weighted by Gasteiger charge is -2.38. The number of alkyl halides is 5. The first kappa shape index (κ1) is 32.2. The molecule has 246 valence electrons. The number of nitrogens with zero attached hydrogens (tertiary/aromatic N) is 7. The Morgan fingerprint density at radius 2 is 1.85 bits per heavy atom. The molecule has 2 aromatic carbocycles. The molecule has 0 aliphatic carbocycles. The minimum Gasteiger partial charge on any atom is -0.337 e. The number of likely N-dealkylation sites (tertiary alicyclic amines) is 1. The molecule has 2 aromatic heterocycles. The van der Waals surface area contributed by atoms with Gasteiger partial charge in [0.15, 0.2) is 0 Å². The van der Waals surface area contributed by atoms with Gasteiger partial charge in [-0.2, -0.15) is 23.5 Å². The summed E-state index contributed by atoms with van der Waals surface area (Å²) >= 11 is 0. The number of aromatic nitrogens is 4. The maximum Gasteiger partial charge on any atom is 0.433 e. The number of amides is 3. The lowest BCUT2D eigenvalue weighted by Crippen LogP contribution is -2.55. The van der Waals surface area contributed by atoms with E-state index >= 15 is 0 Å². The fourth-order valence-corrected chi connectivity index (χ4v) is 6.03. The monoisotopic (exact) mass is 664 g/mol. The molecule has 1 fully saturated rings. The molecular weight excluding hydrogens is 639 g/mol. The number of nitrogens with one attached hydrogen (secondary N) is 1. The van der Waals surface area contributed by atoms with Gasteiger partial charge in [-0.05, 0) is 42.8 Å². The molecule has 0 saturated carbocycles. The van der Waals surface area contributed by atoms with Crippen LogP contribution in [-0.4, -0.2) is 73.5 Å². The highest BCUT2D eigenvalue weighted by Gasteiger charge is 2.48. The number of halogens is 5. The van der Waals surface area contributed by atoms with E-state index in [1.807, 2.05) is 0 Å². The van der Waals surface area contributed by atoms with Crippen molar-refractivity contribution < 1.29 is 36.3 Å². The summed E-state index contributed by atoms with van der Waals surface area (Å²) in [6.07, 6.45) is -3.43. The number of carbonyl (C=O) groups is 3. The number of likely N-dealkylation sites (N-methyl/N-ethyl adjacent to an activating group) is 1. The summed E-state index contributed by atoms with van der Waals surface area (Å²) in [5, 5.41) is 16.4. The summed E-state index contributed by atoms with van der Waals surface area (Å²) < 4.78 is 70.0. The summed E-state index contributed by atoms with van der Waals surface area (Å²) in [6, 6.07) is 14.1. The van der Waals surface area contributed by atoms with Crippen LogP contribution >= 0.6 is 0 Å². The van der Waals surface area contributed by atoms with Crippen LogP contribution < -0.4 is 10.2 Å². The van der Waals surface area contributed by atoms with E-state index in [0.29, 0.717) is 23.1 Å². The van der Waals surface area contributed by atoms with Crippen molar-refractivity contribution in [3.8, 4) is 11.8 Å².